The second-order valence-corrected chi connectivity index (χ2v) is 5.29. The van der Waals surface area contributed by atoms with Crippen molar-refractivity contribution in [2.75, 3.05) is 0 Å². The summed E-state index contributed by atoms with van der Waals surface area (Å²) in [6.45, 7) is 3.45. The van der Waals surface area contributed by atoms with E-state index >= 15 is 0 Å². The number of rotatable bonds is 5. The first kappa shape index (κ1) is 16.0. The van der Waals surface area contributed by atoms with Gasteiger partial charge in [-0.2, -0.15) is 0 Å². The topological polar surface area (TPSA) is 58.9 Å². The van der Waals surface area contributed by atoms with Crippen molar-refractivity contribution in [3.8, 4) is 5.75 Å². The molecule has 0 aromatic heterocycles. The SMILES string of the molecule is Cc1ccc(Cl)cc1N=Cc1ccc(O[C@@H](C)C(=O)O)cc1. The summed E-state index contributed by atoms with van der Waals surface area (Å²) in [5.41, 5.74) is 2.73. The normalized spacial score (nSPS) is 12.3. The molecule has 114 valence electrons. The number of aryl methyl sites for hydroxylation is 1. The number of halogens is 1. The molecule has 0 radical (unpaired) electrons. The highest BCUT2D eigenvalue weighted by Crippen LogP contribution is 2.23. The maximum Gasteiger partial charge on any atom is 0.344 e. The van der Waals surface area contributed by atoms with Crippen LogP contribution in [0, 0.1) is 6.92 Å². The zero-order valence-electron chi connectivity index (χ0n) is 12.3. The highest BCUT2D eigenvalue weighted by Gasteiger charge is 2.11. The van der Waals surface area contributed by atoms with Crippen molar-refractivity contribution >= 4 is 29.5 Å². The second kappa shape index (κ2) is 7.09. The molecule has 1 atom stereocenters. The molecule has 22 heavy (non-hydrogen) atoms. The van der Waals surface area contributed by atoms with Crippen molar-refractivity contribution in [1.82, 2.24) is 0 Å². The first-order valence-corrected chi connectivity index (χ1v) is 7.13. The smallest absolute Gasteiger partial charge is 0.344 e. The van der Waals surface area contributed by atoms with Crippen LogP contribution in [0.1, 0.15) is 18.1 Å². The van der Waals surface area contributed by atoms with Crippen LogP contribution in [0.15, 0.2) is 47.5 Å². The first-order chi connectivity index (χ1) is 10.5. The predicted molar refractivity (Wildman–Crippen MR) is 87.6 cm³/mol. The number of aliphatic carboxylic acids is 1. The Kier molecular flexibility index (Phi) is 5.17. The van der Waals surface area contributed by atoms with E-state index in [2.05, 4.69) is 4.99 Å². The van der Waals surface area contributed by atoms with Crippen LogP contribution in [0.5, 0.6) is 5.75 Å². The number of carbonyl (C=O) groups is 1. The van der Waals surface area contributed by atoms with Gasteiger partial charge >= 0.3 is 5.97 Å². The summed E-state index contributed by atoms with van der Waals surface area (Å²) in [5.74, 6) is -0.493. The lowest BCUT2D eigenvalue weighted by molar-refractivity contribution is -0.144. The Morgan fingerprint density at radius 3 is 2.59 bits per heavy atom. The van der Waals surface area contributed by atoms with Crippen molar-refractivity contribution in [2.24, 2.45) is 4.99 Å². The molecule has 0 heterocycles. The molecule has 0 aliphatic rings. The highest BCUT2D eigenvalue weighted by atomic mass is 35.5. The van der Waals surface area contributed by atoms with Crippen molar-refractivity contribution in [3.63, 3.8) is 0 Å². The molecule has 0 fully saturated rings. The molecule has 2 aromatic carbocycles. The van der Waals surface area contributed by atoms with E-state index in [1.54, 1.807) is 24.4 Å². The van der Waals surface area contributed by atoms with E-state index in [-0.39, 0.29) is 0 Å². The molecule has 0 saturated heterocycles. The molecule has 5 heteroatoms. The average Bonchev–Trinajstić information content (AvgIpc) is 2.49. The van der Waals surface area contributed by atoms with Crippen molar-refractivity contribution in [1.29, 1.82) is 0 Å². The quantitative estimate of drug-likeness (QED) is 0.839. The second-order valence-electron chi connectivity index (χ2n) is 4.86. The number of nitrogens with zero attached hydrogens (tertiary/aromatic N) is 1. The summed E-state index contributed by atoms with van der Waals surface area (Å²) < 4.78 is 5.27. The van der Waals surface area contributed by atoms with Gasteiger partial charge in [0.05, 0.1) is 5.69 Å². The molecule has 0 aliphatic heterocycles. The fourth-order valence-corrected chi connectivity index (χ4v) is 1.92. The fraction of sp³-hybridized carbons (Fsp3) is 0.176. The molecular weight excluding hydrogens is 302 g/mol. The number of carboxylic acids is 1. The minimum atomic E-state index is -0.998. The number of ether oxygens (including phenoxy) is 1. The van der Waals surface area contributed by atoms with Crippen LogP contribution in [0.2, 0.25) is 5.02 Å². The number of hydrogen-bond acceptors (Lipinski definition) is 3. The van der Waals surface area contributed by atoms with Gasteiger partial charge in [0.2, 0.25) is 0 Å². The van der Waals surface area contributed by atoms with Gasteiger partial charge in [0.25, 0.3) is 0 Å². The summed E-state index contributed by atoms with van der Waals surface area (Å²) in [7, 11) is 0. The lowest BCUT2D eigenvalue weighted by atomic mass is 10.2. The first-order valence-electron chi connectivity index (χ1n) is 6.75. The van der Waals surface area contributed by atoms with Gasteiger partial charge in [0.1, 0.15) is 5.75 Å². The van der Waals surface area contributed by atoms with Crippen LogP contribution < -0.4 is 4.74 Å². The Morgan fingerprint density at radius 2 is 1.95 bits per heavy atom. The van der Waals surface area contributed by atoms with E-state index in [9.17, 15) is 4.79 Å². The Labute approximate surface area is 134 Å². The number of benzene rings is 2. The maximum atomic E-state index is 10.7. The summed E-state index contributed by atoms with van der Waals surface area (Å²) >= 11 is 5.95. The third kappa shape index (κ3) is 4.33. The average molecular weight is 318 g/mol. The van der Waals surface area contributed by atoms with Gasteiger partial charge in [-0.25, -0.2) is 4.79 Å². The van der Waals surface area contributed by atoms with Gasteiger partial charge in [-0.3, -0.25) is 4.99 Å². The maximum absolute atomic E-state index is 10.7. The monoisotopic (exact) mass is 317 g/mol. The summed E-state index contributed by atoms with van der Waals surface area (Å²) in [4.78, 5) is 15.1. The molecule has 0 spiro atoms. The van der Waals surface area contributed by atoms with Crippen LogP contribution in [0.3, 0.4) is 0 Å². The van der Waals surface area contributed by atoms with Gasteiger partial charge in [-0.05, 0) is 61.4 Å². The molecule has 4 nitrogen and oxygen atoms in total. The number of carboxylic acid groups (broad SMARTS) is 1. The fourth-order valence-electron chi connectivity index (χ4n) is 1.75. The third-order valence-electron chi connectivity index (χ3n) is 3.06. The van der Waals surface area contributed by atoms with Crippen LogP contribution >= 0.6 is 11.6 Å². The van der Waals surface area contributed by atoms with Gasteiger partial charge in [0, 0.05) is 11.2 Å². The highest BCUT2D eigenvalue weighted by molar-refractivity contribution is 6.30. The lowest BCUT2D eigenvalue weighted by Gasteiger charge is -2.09. The molecule has 2 rings (SSSR count). The Hall–Kier alpha value is -2.33. The van der Waals surface area contributed by atoms with E-state index in [4.69, 9.17) is 21.4 Å². The predicted octanol–water partition coefficient (Wildman–Crippen LogP) is 4.25. The Balaban J connectivity index is 2.09. The molecule has 0 bridgehead atoms. The number of hydrogen-bond donors (Lipinski definition) is 1. The molecule has 1 N–H and O–H groups in total. The zero-order chi connectivity index (χ0) is 16.1. The minimum Gasteiger partial charge on any atom is -0.479 e. The van der Waals surface area contributed by atoms with Crippen molar-refractivity contribution in [2.45, 2.75) is 20.0 Å². The minimum absolute atomic E-state index is 0.506. The largest absolute Gasteiger partial charge is 0.479 e. The summed E-state index contributed by atoms with van der Waals surface area (Å²) in [5, 5.41) is 9.44. The van der Waals surface area contributed by atoms with Gasteiger partial charge < -0.3 is 9.84 Å². The van der Waals surface area contributed by atoms with Crippen LogP contribution in [-0.4, -0.2) is 23.4 Å². The lowest BCUT2D eigenvalue weighted by Crippen LogP contribution is -2.22. The molecule has 0 saturated carbocycles. The molecular formula is C17H16ClNO3. The zero-order valence-corrected chi connectivity index (χ0v) is 13.0. The summed E-state index contributed by atoms with van der Waals surface area (Å²) in [6.07, 6.45) is 0.844. The van der Waals surface area contributed by atoms with Gasteiger partial charge in [-0.15, -0.1) is 0 Å². The van der Waals surface area contributed by atoms with E-state index in [0.29, 0.717) is 10.8 Å². The van der Waals surface area contributed by atoms with Gasteiger partial charge in [0.15, 0.2) is 6.10 Å². The van der Waals surface area contributed by atoms with Crippen LogP contribution in [0.4, 0.5) is 5.69 Å². The standard InChI is InChI=1S/C17H16ClNO3/c1-11-3-6-14(18)9-16(11)19-10-13-4-7-15(8-5-13)22-12(2)17(20)21/h3-10,12H,1-2H3,(H,20,21)/t12-/m0/s1. The molecule has 2 aromatic rings. The third-order valence-corrected chi connectivity index (χ3v) is 3.30. The van der Waals surface area contributed by atoms with E-state index in [1.807, 2.05) is 31.2 Å². The van der Waals surface area contributed by atoms with Crippen molar-refractivity contribution < 1.29 is 14.6 Å². The van der Waals surface area contributed by atoms with Gasteiger partial charge in [-0.1, -0.05) is 17.7 Å². The molecule has 0 amide bonds. The summed E-state index contributed by atoms with van der Waals surface area (Å²) in [6, 6.07) is 12.6. The van der Waals surface area contributed by atoms with E-state index < -0.39 is 12.1 Å². The van der Waals surface area contributed by atoms with E-state index in [0.717, 1.165) is 16.8 Å². The van der Waals surface area contributed by atoms with E-state index in [1.165, 1.54) is 6.92 Å². The van der Waals surface area contributed by atoms with Crippen LogP contribution in [0.25, 0.3) is 0 Å². The van der Waals surface area contributed by atoms with Crippen LogP contribution in [-0.2, 0) is 4.79 Å². The molecule has 0 aliphatic carbocycles. The van der Waals surface area contributed by atoms with Crippen molar-refractivity contribution in [3.05, 3.63) is 58.6 Å². The Bertz CT molecular complexity index is 696. The number of aliphatic imine (C=N–C) groups is 1. The molecule has 0 unspecified atom stereocenters. The Morgan fingerprint density at radius 1 is 1.27 bits per heavy atom.